The molecule has 3 aromatic heterocycles. The lowest BCUT2D eigenvalue weighted by Gasteiger charge is -2.20. The number of furan rings is 1. The predicted molar refractivity (Wildman–Crippen MR) is 94.7 cm³/mol. The summed E-state index contributed by atoms with van der Waals surface area (Å²) in [5, 5.41) is 0.242. The van der Waals surface area contributed by atoms with E-state index in [1.54, 1.807) is 12.1 Å². The van der Waals surface area contributed by atoms with Crippen LogP contribution in [0.15, 0.2) is 47.1 Å². The summed E-state index contributed by atoms with van der Waals surface area (Å²) in [5.41, 5.74) is 2.00. The topological polar surface area (TPSA) is 54.0 Å². The van der Waals surface area contributed by atoms with E-state index in [0.717, 1.165) is 43.9 Å². The first-order chi connectivity index (χ1) is 12.2. The van der Waals surface area contributed by atoms with Crippen LogP contribution in [0.4, 0.5) is 0 Å². The predicted octanol–water partition coefficient (Wildman–Crippen LogP) is 2.93. The molecule has 1 aliphatic rings. The molecule has 0 bridgehead atoms. The maximum absolute atomic E-state index is 12.5. The van der Waals surface area contributed by atoms with Crippen LogP contribution in [0.2, 0.25) is 5.22 Å². The number of aromatic nitrogens is 2. The van der Waals surface area contributed by atoms with E-state index < -0.39 is 0 Å². The van der Waals surface area contributed by atoms with E-state index in [4.69, 9.17) is 16.0 Å². The number of nitrogens with zero attached hydrogens (tertiary/aromatic N) is 4. The van der Waals surface area contributed by atoms with Gasteiger partial charge in [0.2, 0.25) is 0 Å². The average molecular weight is 359 g/mol. The summed E-state index contributed by atoms with van der Waals surface area (Å²) < 4.78 is 7.27. The molecule has 130 valence electrons. The first-order valence-corrected chi connectivity index (χ1v) is 8.76. The fourth-order valence-corrected chi connectivity index (χ4v) is 3.36. The first-order valence-electron chi connectivity index (χ1n) is 8.38. The lowest BCUT2D eigenvalue weighted by molar-refractivity contribution is 0.0729. The van der Waals surface area contributed by atoms with E-state index in [2.05, 4.69) is 16.1 Å². The van der Waals surface area contributed by atoms with Crippen molar-refractivity contribution in [3.8, 4) is 0 Å². The Balaban J connectivity index is 1.40. The molecular weight excluding hydrogens is 340 g/mol. The van der Waals surface area contributed by atoms with Crippen molar-refractivity contribution in [1.29, 1.82) is 0 Å². The van der Waals surface area contributed by atoms with Crippen LogP contribution in [0, 0.1) is 0 Å². The minimum absolute atomic E-state index is 0.0959. The molecule has 6 nitrogen and oxygen atoms in total. The Morgan fingerprint density at radius 2 is 2.08 bits per heavy atom. The number of pyridine rings is 1. The molecule has 3 aromatic rings. The average Bonchev–Trinajstić information content (AvgIpc) is 3.14. The maximum atomic E-state index is 12.5. The number of hydrogen-bond acceptors (Lipinski definition) is 4. The Bertz CT molecular complexity index is 855. The van der Waals surface area contributed by atoms with Crippen molar-refractivity contribution in [2.45, 2.75) is 13.0 Å². The van der Waals surface area contributed by atoms with Gasteiger partial charge >= 0.3 is 0 Å². The van der Waals surface area contributed by atoms with Crippen LogP contribution in [0.25, 0.3) is 5.65 Å². The van der Waals surface area contributed by atoms with E-state index in [1.807, 2.05) is 33.7 Å². The third-order valence-electron chi connectivity index (χ3n) is 4.46. The number of imidazole rings is 1. The Labute approximate surface area is 150 Å². The summed E-state index contributed by atoms with van der Waals surface area (Å²) in [4.78, 5) is 21.3. The monoisotopic (exact) mass is 358 g/mol. The van der Waals surface area contributed by atoms with Crippen LogP contribution in [-0.2, 0) is 6.54 Å². The molecule has 0 aromatic carbocycles. The van der Waals surface area contributed by atoms with E-state index in [9.17, 15) is 4.79 Å². The molecule has 1 amide bonds. The fraction of sp³-hybridized carbons (Fsp3) is 0.333. The van der Waals surface area contributed by atoms with Crippen molar-refractivity contribution in [2.24, 2.45) is 0 Å². The van der Waals surface area contributed by atoms with Crippen LogP contribution < -0.4 is 0 Å². The van der Waals surface area contributed by atoms with E-state index in [-0.39, 0.29) is 11.1 Å². The minimum atomic E-state index is -0.0959. The van der Waals surface area contributed by atoms with Gasteiger partial charge in [0, 0.05) is 45.1 Å². The zero-order chi connectivity index (χ0) is 17.2. The van der Waals surface area contributed by atoms with Gasteiger partial charge in [0.05, 0.1) is 5.69 Å². The second-order valence-electron chi connectivity index (χ2n) is 6.22. The standard InChI is InChI=1S/C18H19ClN4O2/c19-16-6-5-15(25-16)18(24)22-9-3-7-21(10-11-22)12-14-13-23-8-2-1-4-17(23)20-14/h1-2,4-6,8,13H,3,7,9-12H2. The van der Waals surface area contributed by atoms with Crippen LogP contribution in [0.3, 0.4) is 0 Å². The number of carbonyl (C=O) groups is 1. The van der Waals surface area contributed by atoms with Crippen LogP contribution in [0.5, 0.6) is 0 Å². The number of carbonyl (C=O) groups excluding carboxylic acids is 1. The van der Waals surface area contributed by atoms with Gasteiger partial charge < -0.3 is 13.7 Å². The Hall–Kier alpha value is -2.31. The zero-order valence-electron chi connectivity index (χ0n) is 13.8. The highest BCUT2D eigenvalue weighted by molar-refractivity contribution is 6.29. The SMILES string of the molecule is O=C(c1ccc(Cl)o1)N1CCCN(Cc2cn3ccccc3n2)CC1. The normalized spacial score (nSPS) is 16.3. The molecule has 25 heavy (non-hydrogen) atoms. The number of rotatable bonds is 3. The van der Waals surface area contributed by atoms with Crippen molar-refractivity contribution in [1.82, 2.24) is 19.2 Å². The lowest BCUT2D eigenvalue weighted by Crippen LogP contribution is -2.34. The number of amides is 1. The van der Waals surface area contributed by atoms with Gasteiger partial charge in [0.15, 0.2) is 11.0 Å². The van der Waals surface area contributed by atoms with Gasteiger partial charge in [-0.15, -0.1) is 0 Å². The molecule has 0 spiro atoms. The molecule has 0 saturated carbocycles. The molecule has 4 rings (SSSR count). The van der Waals surface area contributed by atoms with Crippen molar-refractivity contribution >= 4 is 23.2 Å². The lowest BCUT2D eigenvalue weighted by atomic mass is 10.3. The molecule has 0 unspecified atom stereocenters. The van der Waals surface area contributed by atoms with Gasteiger partial charge in [-0.3, -0.25) is 9.69 Å². The fourth-order valence-electron chi connectivity index (χ4n) is 3.21. The molecule has 0 N–H and O–H groups in total. The highest BCUT2D eigenvalue weighted by atomic mass is 35.5. The first kappa shape index (κ1) is 16.2. The van der Waals surface area contributed by atoms with Crippen molar-refractivity contribution in [2.75, 3.05) is 26.2 Å². The molecule has 7 heteroatoms. The van der Waals surface area contributed by atoms with Crippen molar-refractivity contribution < 1.29 is 9.21 Å². The van der Waals surface area contributed by atoms with Crippen LogP contribution in [0.1, 0.15) is 22.7 Å². The summed E-state index contributed by atoms with van der Waals surface area (Å²) >= 11 is 5.77. The molecule has 1 saturated heterocycles. The van der Waals surface area contributed by atoms with Gasteiger partial charge in [0.25, 0.3) is 5.91 Å². The van der Waals surface area contributed by atoms with Gasteiger partial charge in [-0.25, -0.2) is 4.98 Å². The van der Waals surface area contributed by atoms with Gasteiger partial charge in [0.1, 0.15) is 5.65 Å². The summed E-state index contributed by atoms with van der Waals surface area (Å²) in [7, 11) is 0. The summed E-state index contributed by atoms with van der Waals surface area (Å²) in [6.07, 6.45) is 4.99. The molecule has 1 fully saturated rings. The molecule has 0 radical (unpaired) electrons. The smallest absolute Gasteiger partial charge is 0.289 e. The van der Waals surface area contributed by atoms with E-state index in [0.29, 0.717) is 12.3 Å². The number of halogens is 1. The van der Waals surface area contributed by atoms with Crippen LogP contribution in [-0.4, -0.2) is 51.3 Å². The van der Waals surface area contributed by atoms with Crippen molar-refractivity contribution in [3.63, 3.8) is 0 Å². The van der Waals surface area contributed by atoms with Crippen LogP contribution >= 0.6 is 11.6 Å². The van der Waals surface area contributed by atoms with Gasteiger partial charge in [-0.05, 0) is 42.3 Å². The third-order valence-corrected chi connectivity index (χ3v) is 4.66. The number of hydrogen-bond donors (Lipinski definition) is 0. The highest BCUT2D eigenvalue weighted by Gasteiger charge is 2.23. The summed E-state index contributed by atoms with van der Waals surface area (Å²) in [6.45, 7) is 3.93. The van der Waals surface area contributed by atoms with E-state index in [1.165, 1.54) is 0 Å². The van der Waals surface area contributed by atoms with Crippen molar-refractivity contribution in [3.05, 3.63) is 59.4 Å². The molecular formula is C18H19ClN4O2. The second-order valence-corrected chi connectivity index (χ2v) is 6.60. The quantitative estimate of drug-likeness (QED) is 0.722. The Morgan fingerprint density at radius 1 is 1.16 bits per heavy atom. The summed E-state index contributed by atoms with van der Waals surface area (Å²) in [6, 6.07) is 9.21. The largest absolute Gasteiger partial charge is 0.440 e. The molecule has 4 heterocycles. The molecule has 0 aliphatic carbocycles. The third kappa shape index (κ3) is 3.55. The highest BCUT2D eigenvalue weighted by Crippen LogP contribution is 2.17. The molecule has 1 aliphatic heterocycles. The zero-order valence-corrected chi connectivity index (χ0v) is 14.5. The van der Waals surface area contributed by atoms with Gasteiger partial charge in [-0.2, -0.15) is 0 Å². The Morgan fingerprint density at radius 3 is 2.88 bits per heavy atom. The maximum Gasteiger partial charge on any atom is 0.289 e. The summed E-state index contributed by atoms with van der Waals surface area (Å²) in [5.74, 6) is 0.209. The molecule has 0 atom stereocenters. The van der Waals surface area contributed by atoms with Gasteiger partial charge in [-0.1, -0.05) is 6.07 Å². The minimum Gasteiger partial charge on any atom is -0.440 e. The van der Waals surface area contributed by atoms with E-state index >= 15 is 0 Å². The number of fused-ring (bicyclic) bond motifs is 1. The second kappa shape index (κ2) is 6.90. The Kier molecular flexibility index (Phi) is 4.46.